The summed E-state index contributed by atoms with van der Waals surface area (Å²) in [5.74, 6) is 0.146. The molecule has 0 unspecified atom stereocenters. The van der Waals surface area contributed by atoms with Gasteiger partial charge in [-0.2, -0.15) is 0 Å². The van der Waals surface area contributed by atoms with E-state index < -0.39 is 0 Å². The second-order valence-corrected chi connectivity index (χ2v) is 3.80. The van der Waals surface area contributed by atoms with Crippen LogP contribution < -0.4 is 0 Å². The lowest BCUT2D eigenvalue weighted by molar-refractivity contribution is -0.131. The van der Waals surface area contributed by atoms with Gasteiger partial charge in [-0.3, -0.25) is 4.79 Å². The molecule has 0 aliphatic heterocycles. The van der Waals surface area contributed by atoms with E-state index in [0.29, 0.717) is 0 Å². The number of nitrogens with zero attached hydrogens (tertiary/aromatic N) is 1. The highest BCUT2D eigenvalue weighted by molar-refractivity contribution is 5.73. The van der Waals surface area contributed by atoms with Gasteiger partial charge in [-0.05, 0) is 18.9 Å². The summed E-state index contributed by atoms with van der Waals surface area (Å²) in [7, 11) is 0. The van der Waals surface area contributed by atoms with Crippen LogP contribution in [0, 0.1) is 0 Å². The van der Waals surface area contributed by atoms with E-state index in [1.807, 2.05) is 23.1 Å². The molecule has 1 atom stereocenters. The molecule has 0 aromatic heterocycles. The number of rotatable bonds is 4. The summed E-state index contributed by atoms with van der Waals surface area (Å²) in [6.07, 6.45) is 0.997. The normalized spacial score (nSPS) is 12.2. The van der Waals surface area contributed by atoms with Crippen molar-refractivity contribution in [2.24, 2.45) is 0 Å². The quantitative estimate of drug-likeness (QED) is 0.740. The van der Waals surface area contributed by atoms with E-state index in [-0.39, 0.29) is 11.9 Å². The van der Waals surface area contributed by atoms with Crippen LogP contribution >= 0.6 is 0 Å². The van der Waals surface area contributed by atoms with Gasteiger partial charge in [0.1, 0.15) is 0 Å². The number of benzene rings is 1. The van der Waals surface area contributed by atoms with Crippen molar-refractivity contribution in [2.45, 2.75) is 33.2 Å². The molecule has 1 rings (SSSR count). The smallest absolute Gasteiger partial charge is 0.219 e. The molecule has 82 valence electrons. The van der Waals surface area contributed by atoms with Crippen LogP contribution in [-0.4, -0.2) is 17.4 Å². The zero-order valence-electron chi connectivity index (χ0n) is 9.73. The molecule has 2 heteroatoms. The van der Waals surface area contributed by atoms with Gasteiger partial charge in [-0.25, -0.2) is 0 Å². The van der Waals surface area contributed by atoms with Gasteiger partial charge in [-0.15, -0.1) is 0 Å². The average Bonchev–Trinajstić information content (AvgIpc) is 2.26. The van der Waals surface area contributed by atoms with E-state index in [9.17, 15) is 4.79 Å². The lowest BCUT2D eigenvalue weighted by atomic mass is 10.1. The molecule has 1 aromatic carbocycles. The zero-order chi connectivity index (χ0) is 11.3. The van der Waals surface area contributed by atoms with Gasteiger partial charge in [0.15, 0.2) is 0 Å². The van der Waals surface area contributed by atoms with Crippen LogP contribution in [0.1, 0.15) is 38.8 Å². The molecular formula is C13H19NO. The highest BCUT2D eigenvalue weighted by Crippen LogP contribution is 2.19. The Balaban J connectivity index is 2.81. The molecule has 1 aromatic rings. The van der Waals surface area contributed by atoms with Crippen LogP contribution in [0.15, 0.2) is 30.3 Å². The number of carbonyl (C=O) groups is 1. The fourth-order valence-electron chi connectivity index (χ4n) is 1.78. The van der Waals surface area contributed by atoms with Crippen LogP contribution in [0.5, 0.6) is 0 Å². The number of amides is 1. The number of hydrogen-bond acceptors (Lipinski definition) is 1. The Labute approximate surface area is 91.9 Å². The predicted molar refractivity (Wildman–Crippen MR) is 62.5 cm³/mol. The molecule has 2 nitrogen and oxygen atoms in total. The van der Waals surface area contributed by atoms with Crippen LogP contribution in [0.25, 0.3) is 0 Å². The fourth-order valence-corrected chi connectivity index (χ4v) is 1.78. The highest BCUT2D eigenvalue weighted by atomic mass is 16.2. The Kier molecular flexibility index (Phi) is 4.35. The molecule has 0 fully saturated rings. The number of hydrogen-bond donors (Lipinski definition) is 0. The summed E-state index contributed by atoms with van der Waals surface area (Å²) in [6.45, 7) is 6.63. The van der Waals surface area contributed by atoms with Crippen molar-refractivity contribution in [3.63, 3.8) is 0 Å². The van der Waals surface area contributed by atoms with E-state index in [2.05, 4.69) is 26.0 Å². The third kappa shape index (κ3) is 3.08. The van der Waals surface area contributed by atoms with E-state index in [4.69, 9.17) is 0 Å². The average molecular weight is 205 g/mol. The molecule has 15 heavy (non-hydrogen) atoms. The molecule has 0 saturated carbocycles. The molecule has 0 saturated heterocycles. The Hall–Kier alpha value is -1.31. The first-order valence-corrected chi connectivity index (χ1v) is 5.49. The summed E-state index contributed by atoms with van der Waals surface area (Å²) >= 11 is 0. The molecule has 0 N–H and O–H groups in total. The van der Waals surface area contributed by atoms with Gasteiger partial charge in [0.05, 0.1) is 6.04 Å². The van der Waals surface area contributed by atoms with Crippen LogP contribution in [0.2, 0.25) is 0 Å². The minimum Gasteiger partial charge on any atom is -0.336 e. The Morgan fingerprint density at radius 2 is 1.93 bits per heavy atom. The van der Waals surface area contributed by atoms with Crippen LogP contribution in [0.3, 0.4) is 0 Å². The second kappa shape index (κ2) is 5.54. The van der Waals surface area contributed by atoms with Gasteiger partial charge >= 0.3 is 0 Å². The summed E-state index contributed by atoms with van der Waals surface area (Å²) in [4.78, 5) is 13.4. The van der Waals surface area contributed by atoms with E-state index in [1.54, 1.807) is 6.92 Å². The first-order chi connectivity index (χ1) is 7.16. The molecule has 0 heterocycles. The molecule has 0 bridgehead atoms. The minimum absolute atomic E-state index is 0.146. The Morgan fingerprint density at radius 1 is 1.33 bits per heavy atom. The largest absolute Gasteiger partial charge is 0.336 e. The van der Waals surface area contributed by atoms with Crippen LogP contribution in [-0.2, 0) is 4.79 Å². The second-order valence-electron chi connectivity index (χ2n) is 3.80. The van der Waals surface area contributed by atoms with Gasteiger partial charge in [-0.1, -0.05) is 37.3 Å². The predicted octanol–water partition coefficient (Wildman–Crippen LogP) is 3.01. The minimum atomic E-state index is 0.146. The molecule has 0 radical (unpaired) electrons. The summed E-state index contributed by atoms with van der Waals surface area (Å²) in [6, 6.07) is 10.3. The Morgan fingerprint density at radius 3 is 2.40 bits per heavy atom. The maximum Gasteiger partial charge on any atom is 0.219 e. The molecule has 1 amide bonds. The molecular weight excluding hydrogens is 186 g/mol. The maximum atomic E-state index is 11.5. The standard InChI is InChI=1S/C13H19NO/c1-4-10-14(12(3)15)11(2)13-8-6-5-7-9-13/h5-9,11H,4,10H2,1-3H3/t11-/m0/s1. The van der Waals surface area contributed by atoms with Crippen molar-refractivity contribution in [2.75, 3.05) is 6.54 Å². The van der Waals surface area contributed by atoms with Gasteiger partial charge in [0, 0.05) is 13.5 Å². The fraction of sp³-hybridized carbons (Fsp3) is 0.462. The van der Waals surface area contributed by atoms with Crippen molar-refractivity contribution < 1.29 is 4.79 Å². The maximum absolute atomic E-state index is 11.5. The lowest BCUT2D eigenvalue weighted by Crippen LogP contribution is -2.32. The van der Waals surface area contributed by atoms with Crippen molar-refractivity contribution in [1.29, 1.82) is 0 Å². The first kappa shape index (κ1) is 11.8. The number of carbonyl (C=O) groups excluding carboxylic acids is 1. The van der Waals surface area contributed by atoms with Crippen molar-refractivity contribution in [3.8, 4) is 0 Å². The third-order valence-corrected chi connectivity index (χ3v) is 2.62. The molecule has 0 aliphatic carbocycles. The third-order valence-electron chi connectivity index (χ3n) is 2.62. The Bertz CT molecular complexity index is 308. The summed E-state index contributed by atoms with van der Waals surface area (Å²) < 4.78 is 0. The lowest BCUT2D eigenvalue weighted by Gasteiger charge is -2.28. The monoisotopic (exact) mass is 205 g/mol. The summed E-state index contributed by atoms with van der Waals surface area (Å²) in [5, 5.41) is 0. The van der Waals surface area contributed by atoms with E-state index in [0.717, 1.165) is 13.0 Å². The molecule has 0 spiro atoms. The first-order valence-electron chi connectivity index (χ1n) is 5.49. The van der Waals surface area contributed by atoms with Gasteiger partial charge < -0.3 is 4.90 Å². The van der Waals surface area contributed by atoms with Crippen LogP contribution in [0.4, 0.5) is 0 Å². The summed E-state index contributed by atoms with van der Waals surface area (Å²) in [5.41, 5.74) is 1.20. The topological polar surface area (TPSA) is 20.3 Å². The molecule has 0 aliphatic rings. The zero-order valence-corrected chi connectivity index (χ0v) is 9.73. The van der Waals surface area contributed by atoms with Crippen molar-refractivity contribution in [1.82, 2.24) is 4.90 Å². The van der Waals surface area contributed by atoms with Gasteiger partial charge in [0.2, 0.25) is 5.91 Å². The van der Waals surface area contributed by atoms with Crippen molar-refractivity contribution in [3.05, 3.63) is 35.9 Å². The van der Waals surface area contributed by atoms with E-state index >= 15 is 0 Å². The SMILES string of the molecule is CCCN(C(C)=O)[C@@H](C)c1ccccc1. The van der Waals surface area contributed by atoms with E-state index in [1.165, 1.54) is 5.56 Å². The van der Waals surface area contributed by atoms with Gasteiger partial charge in [0.25, 0.3) is 0 Å². The van der Waals surface area contributed by atoms with Crippen molar-refractivity contribution >= 4 is 5.91 Å². The highest BCUT2D eigenvalue weighted by Gasteiger charge is 2.16.